The minimum atomic E-state index is -0.456. The van der Waals surface area contributed by atoms with Gasteiger partial charge < -0.3 is 19.3 Å². The molecule has 5 heteroatoms. The minimum Gasteiger partial charge on any atom is -0.444 e. The van der Waals surface area contributed by atoms with Crippen LogP contribution in [0.15, 0.2) is 0 Å². The van der Waals surface area contributed by atoms with Crippen molar-refractivity contribution in [3.63, 3.8) is 0 Å². The second-order valence-electron chi connectivity index (χ2n) is 6.56. The number of methoxy groups -OCH3 is 1. The van der Waals surface area contributed by atoms with E-state index >= 15 is 0 Å². The van der Waals surface area contributed by atoms with E-state index in [2.05, 4.69) is 11.8 Å². The number of amides is 1. The number of carbonyl (C=O) groups is 1. The Hall–Kier alpha value is -0.810. The van der Waals surface area contributed by atoms with E-state index in [1.165, 1.54) is 0 Å². The van der Waals surface area contributed by atoms with Gasteiger partial charge >= 0.3 is 6.09 Å². The molecule has 1 saturated heterocycles. The molecule has 0 aromatic rings. The van der Waals surface area contributed by atoms with Gasteiger partial charge in [0.1, 0.15) is 11.2 Å². The minimum absolute atomic E-state index is 0.241. The Labute approximate surface area is 116 Å². The van der Waals surface area contributed by atoms with Crippen LogP contribution in [0.3, 0.4) is 0 Å². The molecule has 1 aliphatic heterocycles. The molecule has 1 aliphatic rings. The molecule has 5 nitrogen and oxygen atoms in total. The lowest BCUT2D eigenvalue weighted by molar-refractivity contribution is -0.0553. The standard InChI is InChI=1S/C14H28N2O3/c1-11(15(5)6)14(18-7)8-9-16(10-14)12(17)19-13(2,3)4/h11H,8-10H2,1-7H3. The summed E-state index contributed by atoms with van der Waals surface area (Å²) in [6.45, 7) is 9.04. The average molecular weight is 272 g/mol. The molecule has 19 heavy (non-hydrogen) atoms. The summed E-state index contributed by atoms with van der Waals surface area (Å²) in [4.78, 5) is 16.0. The molecular formula is C14H28N2O3. The molecule has 0 aromatic heterocycles. The van der Waals surface area contributed by atoms with E-state index in [1.54, 1.807) is 12.0 Å². The third kappa shape index (κ3) is 3.83. The summed E-state index contributed by atoms with van der Waals surface area (Å²) in [5, 5.41) is 0. The van der Waals surface area contributed by atoms with E-state index in [1.807, 2.05) is 34.9 Å². The third-order valence-electron chi connectivity index (χ3n) is 3.86. The van der Waals surface area contributed by atoms with Gasteiger partial charge in [-0.25, -0.2) is 4.79 Å². The van der Waals surface area contributed by atoms with Gasteiger partial charge in [0.15, 0.2) is 0 Å². The summed E-state index contributed by atoms with van der Waals surface area (Å²) in [6.07, 6.45) is 0.583. The van der Waals surface area contributed by atoms with Crippen molar-refractivity contribution in [3.05, 3.63) is 0 Å². The topological polar surface area (TPSA) is 42.0 Å². The highest BCUT2D eigenvalue weighted by atomic mass is 16.6. The van der Waals surface area contributed by atoms with Gasteiger partial charge in [0.05, 0.1) is 6.54 Å². The molecule has 1 amide bonds. The van der Waals surface area contributed by atoms with E-state index in [0.29, 0.717) is 13.1 Å². The Morgan fingerprint density at radius 3 is 2.37 bits per heavy atom. The second-order valence-corrected chi connectivity index (χ2v) is 6.56. The predicted molar refractivity (Wildman–Crippen MR) is 75.3 cm³/mol. The fourth-order valence-corrected chi connectivity index (χ4v) is 2.44. The fraction of sp³-hybridized carbons (Fsp3) is 0.929. The van der Waals surface area contributed by atoms with Crippen LogP contribution in [0.4, 0.5) is 4.79 Å². The Bertz CT molecular complexity index is 325. The summed E-state index contributed by atoms with van der Waals surface area (Å²) >= 11 is 0. The van der Waals surface area contributed by atoms with Gasteiger partial charge in [-0.05, 0) is 48.2 Å². The summed E-state index contributed by atoms with van der Waals surface area (Å²) in [7, 11) is 5.78. The highest BCUT2D eigenvalue weighted by molar-refractivity contribution is 5.68. The maximum absolute atomic E-state index is 12.1. The van der Waals surface area contributed by atoms with Gasteiger partial charge in [-0.3, -0.25) is 0 Å². The molecule has 0 N–H and O–H groups in total. The smallest absolute Gasteiger partial charge is 0.410 e. The van der Waals surface area contributed by atoms with Crippen LogP contribution in [0.2, 0.25) is 0 Å². The van der Waals surface area contributed by atoms with Crippen LogP contribution < -0.4 is 0 Å². The van der Waals surface area contributed by atoms with Gasteiger partial charge in [0.2, 0.25) is 0 Å². The first-order chi connectivity index (χ1) is 8.61. The Kier molecular flexibility index (Phi) is 4.85. The molecule has 2 atom stereocenters. The summed E-state index contributed by atoms with van der Waals surface area (Å²) in [5.74, 6) is 0. The van der Waals surface area contributed by atoms with E-state index in [4.69, 9.17) is 9.47 Å². The highest BCUT2D eigenvalue weighted by Crippen LogP contribution is 2.31. The molecule has 0 bridgehead atoms. The molecule has 0 radical (unpaired) electrons. The van der Waals surface area contributed by atoms with Crippen molar-refractivity contribution in [3.8, 4) is 0 Å². The van der Waals surface area contributed by atoms with Crippen LogP contribution in [0.5, 0.6) is 0 Å². The van der Waals surface area contributed by atoms with E-state index < -0.39 is 5.60 Å². The van der Waals surface area contributed by atoms with Gasteiger partial charge in [-0.1, -0.05) is 0 Å². The molecule has 1 heterocycles. The van der Waals surface area contributed by atoms with Crippen LogP contribution in [-0.2, 0) is 9.47 Å². The molecule has 0 aromatic carbocycles. The van der Waals surface area contributed by atoms with Crippen molar-refractivity contribution in [2.45, 2.75) is 51.4 Å². The zero-order chi connectivity index (χ0) is 14.8. The van der Waals surface area contributed by atoms with Crippen molar-refractivity contribution >= 4 is 6.09 Å². The van der Waals surface area contributed by atoms with Gasteiger partial charge in [-0.2, -0.15) is 0 Å². The number of ether oxygens (including phenoxy) is 2. The Balaban J connectivity index is 2.72. The molecule has 0 saturated carbocycles. The van der Waals surface area contributed by atoms with Crippen molar-refractivity contribution in [2.24, 2.45) is 0 Å². The number of likely N-dealkylation sites (N-methyl/N-ethyl adjacent to an activating group) is 1. The SMILES string of the molecule is COC1(C(C)N(C)C)CCN(C(=O)OC(C)(C)C)C1. The van der Waals surface area contributed by atoms with E-state index in [0.717, 1.165) is 6.42 Å². The highest BCUT2D eigenvalue weighted by Gasteiger charge is 2.46. The average Bonchev–Trinajstić information content (AvgIpc) is 2.71. The van der Waals surface area contributed by atoms with E-state index in [-0.39, 0.29) is 17.7 Å². The predicted octanol–water partition coefficient (Wildman–Crippen LogP) is 1.96. The first kappa shape index (κ1) is 16.2. The van der Waals surface area contributed by atoms with Crippen molar-refractivity contribution in [1.82, 2.24) is 9.80 Å². The Morgan fingerprint density at radius 2 is 1.95 bits per heavy atom. The van der Waals surface area contributed by atoms with Crippen LogP contribution in [0.25, 0.3) is 0 Å². The van der Waals surface area contributed by atoms with Gasteiger partial charge in [-0.15, -0.1) is 0 Å². The number of likely N-dealkylation sites (tertiary alicyclic amines) is 1. The lowest BCUT2D eigenvalue weighted by atomic mass is 9.93. The quantitative estimate of drug-likeness (QED) is 0.787. The normalized spacial score (nSPS) is 25.8. The zero-order valence-electron chi connectivity index (χ0n) is 13.3. The second kappa shape index (κ2) is 5.67. The monoisotopic (exact) mass is 272 g/mol. The number of carbonyl (C=O) groups excluding carboxylic acids is 1. The van der Waals surface area contributed by atoms with Crippen LogP contribution in [0, 0.1) is 0 Å². The molecule has 1 rings (SSSR count). The molecule has 112 valence electrons. The maximum Gasteiger partial charge on any atom is 0.410 e. The zero-order valence-corrected chi connectivity index (χ0v) is 13.3. The molecular weight excluding hydrogens is 244 g/mol. The Morgan fingerprint density at radius 1 is 1.37 bits per heavy atom. The third-order valence-corrected chi connectivity index (χ3v) is 3.86. The number of nitrogens with zero attached hydrogens (tertiary/aromatic N) is 2. The van der Waals surface area contributed by atoms with E-state index in [9.17, 15) is 4.79 Å². The fourth-order valence-electron chi connectivity index (χ4n) is 2.44. The maximum atomic E-state index is 12.1. The first-order valence-corrected chi connectivity index (χ1v) is 6.81. The number of rotatable bonds is 3. The molecule has 0 aliphatic carbocycles. The lowest BCUT2D eigenvalue weighted by Gasteiger charge is -2.38. The summed E-state index contributed by atoms with van der Waals surface area (Å²) in [5.41, 5.74) is -0.761. The summed E-state index contributed by atoms with van der Waals surface area (Å²) in [6, 6.07) is 0.241. The van der Waals surface area contributed by atoms with Crippen molar-refractivity contribution in [1.29, 1.82) is 0 Å². The van der Waals surface area contributed by atoms with Gasteiger partial charge in [0, 0.05) is 19.7 Å². The first-order valence-electron chi connectivity index (χ1n) is 6.81. The lowest BCUT2D eigenvalue weighted by Crippen LogP contribution is -2.52. The van der Waals surface area contributed by atoms with Crippen molar-refractivity contribution in [2.75, 3.05) is 34.3 Å². The molecule has 2 unspecified atom stereocenters. The van der Waals surface area contributed by atoms with Gasteiger partial charge in [0.25, 0.3) is 0 Å². The van der Waals surface area contributed by atoms with Crippen LogP contribution >= 0.6 is 0 Å². The largest absolute Gasteiger partial charge is 0.444 e. The van der Waals surface area contributed by atoms with Crippen molar-refractivity contribution < 1.29 is 14.3 Å². The number of hydrogen-bond donors (Lipinski definition) is 0. The molecule has 0 spiro atoms. The molecule has 1 fully saturated rings. The van der Waals surface area contributed by atoms with Crippen LogP contribution in [-0.4, -0.2) is 67.4 Å². The summed E-state index contributed by atoms with van der Waals surface area (Å²) < 4.78 is 11.2. The van der Waals surface area contributed by atoms with Crippen LogP contribution in [0.1, 0.15) is 34.1 Å². The number of hydrogen-bond acceptors (Lipinski definition) is 4.